The number of aromatic nitrogens is 1. The number of nitrogens with two attached hydrogens (primary N) is 1. The molecule has 0 atom stereocenters. The SMILES string of the molecule is CCC(=O)CN(C)C(N)=NCc1ncc(COC(C)(C)C)c(CO)c1O. The number of hydrogen-bond donors (Lipinski definition) is 3. The van der Waals surface area contributed by atoms with E-state index in [0.717, 1.165) is 0 Å². The number of aliphatic imine (C=N–C) groups is 1. The summed E-state index contributed by atoms with van der Waals surface area (Å²) in [6.07, 6.45) is 1.99. The molecule has 0 saturated heterocycles. The number of carbonyl (C=O) groups excluding carboxylic acids is 1. The lowest BCUT2D eigenvalue weighted by Crippen LogP contribution is -2.37. The number of aliphatic hydroxyl groups is 1. The molecule has 0 saturated carbocycles. The third-order valence-corrected chi connectivity index (χ3v) is 3.73. The maximum absolute atomic E-state index is 11.5. The smallest absolute Gasteiger partial charge is 0.191 e. The first kappa shape index (κ1) is 21.9. The highest BCUT2D eigenvalue weighted by atomic mass is 16.5. The van der Waals surface area contributed by atoms with E-state index >= 15 is 0 Å². The maximum atomic E-state index is 11.5. The van der Waals surface area contributed by atoms with Crippen molar-refractivity contribution in [3.63, 3.8) is 0 Å². The van der Waals surface area contributed by atoms with E-state index in [2.05, 4.69) is 9.98 Å². The van der Waals surface area contributed by atoms with Gasteiger partial charge in [-0.3, -0.25) is 9.78 Å². The van der Waals surface area contributed by atoms with E-state index in [-0.39, 0.29) is 49.4 Å². The van der Waals surface area contributed by atoms with Gasteiger partial charge in [-0.15, -0.1) is 0 Å². The number of ketones is 1. The highest BCUT2D eigenvalue weighted by Crippen LogP contribution is 2.26. The summed E-state index contributed by atoms with van der Waals surface area (Å²) in [4.78, 5) is 21.4. The van der Waals surface area contributed by atoms with E-state index in [1.807, 2.05) is 20.8 Å². The van der Waals surface area contributed by atoms with Gasteiger partial charge in [0.05, 0.1) is 31.9 Å². The summed E-state index contributed by atoms with van der Waals surface area (Å²) in [5.74, 6) is 0.113. The van der Waals surface area contributed by atoms with Crippen molar-refractivity contribution in [2.45, 2.75) is 59.5 Å². The van der Waals surface area contributed by atoms with Crippen LogP contribution in [0.5, 0.6) is 5.75 Å². The molecule has 26 heavy (non-hydrogen) atoms. The second kappa shape index (κ2) is 9.49. The van der Waals surface area contributed by atoms with Gasteiger partial charge in [-0.1, -0.05) is 6.92 Å². The lowest BCUT2D eigenvalue weighted by Gasteiger charge is -2.21. The van der Waals surface area contributed by atoms with Gasteiger partial charge >= 0.3 is 0 Å². The molecule has 0 amide bonds. The Morgan fingerprint density at radius 3 is 2.62 bits per heavy atom. The van der Waals surface area contributed by atoms with Gasteiger partial charge in [0.25, 0.3) is 0 Å². The minimum Gasteiger partial charge on any atom is -0.506 e. The van der Waals surface area contributed by atoms with Crippen molar-refractivity contribution < 1.29 is 19.7 Å². The van der Waals surface area contributed by atoms with Gasteiger partial charge < -0.3 is 25.6 Å². The molecule has 0 aliphatic heterocycles. The lowest BCUT2D eigenvalue weighted by atomic mass is 10.1. The molecular weight excluding hydrogens is 336 g/mol. The van der Waals surface area contributed by atoms with Crippen LogP contribution in [-0.2, 0) is 29.3 Å². The summed E-state index contributed by atoms with van der Waals surface area (Å²) < 4.78 is 5.68. The number of nitrogens with zero attached hydrogens (tertiary/aromatic N) is 3. The average Bonchev–Trinajstić information content (AvgIpc) is 2.57. The van der Waals surface area contributed by atoms with Gasteiger partial charge in [0.2, 0.25) is 0 Å². The number of pyridine rings is 1. The molecule has 0 radical (unpaired) electrons. The Morgan fingerprint density at radius 2 is 2.08 bits per heavy atom. The van der Waals surface area contributed by atoms with Gasteiger partial charge in [-0.25, -0.2) is 4.99 Å². The van der Waals surface area contributed by atoms with Crippen LogP contribution < -0.4 is 5.73 Å². The fourth-order valence-corrected chi connectivity index (χ4v) is 2.07. The van der Waals surface area contributed by atoms with Crippen LogP contribution in [0.3, 0.4) is 0 Å². The van der Waals surface area contributed by atoms with E-state index in [9.17, 15) is 15.0 Å². The summed E-state index contributed by atoms with van der Waals surface area (Å²) in [7, 11) is 1.67. The van der Waals surface area contributed by atoms with E-state index in [0.29, 0.717) is 23.2 Å². The van der Waals surface area contributed by atoms with Crippen LogP contribution in [0.4, 0.5) is 0 Å². The third kappa shape index (κ3) is 6.61. The molecule has 1 rings (SSSR count). The summed E-state index contributed by atoms with van der Waals surface area (Å²) in [6, 6.07) is 0. The van der Waals surface area contributed by atoms with Gasteiger partial charge in [0, 0.05) is 30.8 Å². The van der Waals surface area contributed by atoms with E-state index in [1.54, 1.807) is 25.1 Å². The first-order chi connectivity index (χ1) is 12.1. The summed E-state index contributed by atoms with van der Waals surface area (Å²) in [5, 5.41) is 20.0. The quantitative estimate of drug-likeness (QED) is 0.468. The highest BCUT2D eigenvalue weighted by molar-refractivity contribution is 5.86. The first-order valence-corrected chi connectivity index (χ1v) is 8.55. The Bertz CT molecular complexity index is 653. The second-order valence-electron chi connectivity index (χ2n) is 7.04. The fourth-order valence-electron chi connectivity index (χ4n) is 2.07. The molecule has 1 heterocycles. The fraction of sp³-hybridized carbons (Fsp3) is 0.611. The normalized spacial score (nSPS) is 12.3. The van der Waals surface area contributed by atoms with E-state index in [1.165, 1.54) is 0 Å². The monoisotopic (exact) mass is 366 g/mol. The number of aliphatic hydroxyl groups excluding tert-OH is 1. The molecule has 0 aliphatic rings. The number of carbonyl (C=O) groups is 1. The maximum Gasteiger partial charge on any atom is 0.191 e. The second-order valence-corrected chi connectivity index (χ2v) is 7.04. The first-order valence-electron chi connectivity index (χ1n) is 8.55. The molecule has 146 valence electrons. The Labute approximate surface area is 154 Å². The zero-order chi connectivity index (χ0) is 19.9. The zero-order valence-electron chi connectivity index (χ0n) is 16.2. The Hall–Kier alpha value is -2.19. The Kier molecular flexibility index (Phi) is 7.98. The Morgan fingerprint density at radius 1 is 1.42 bits per heavy atom. The topological polar surface area (TPSA) is 121 Å². The molecule has 0 bridgehead atoms. The number of Topliss-reactive ketones (excluding diaryl/α,β-unsaturated/α-hetero) is 1. The van der Waals surface area contributed by atoms with Crippen molar-refractivity contribution in [2.75, 3.05) is 13.6 Å². The molecule has 8 heteroatoms. The van der Waals surface area contributed by atoms with Crippen molar-refractivity contribution in [1.29, 1.82) is 0 Å². The minimum absolute atomic E-state index is 0.0374. The molecular formula is C18H30N4O4. The molecule has 1 aromatic heterocycles. The van der Waals surface area contributed by atoms with Gasteiger partial charge in [0.15, 0.2) is 11.7 Å². The average molecular weight is 366 g/mol. The predicted octanol–water partition coefficient (Wildman–Crippen LogP) is 1.32. The predicted molar refractivity (Wildman–Crippen MR) is 99.6 cm³/mol. The third-order valence-electron chi connectivity index (χ3n) is 3.73. The molecule has 4 N–H and O–H groups in total. The largest absolute Gasteiger partial charge is 0.506 e. The van der Waals surface area contributed by atoms with Crippen LogP contribution in [0.1, 0.15) is 50.9 Å². The van der Waals surface area contributed by atoms with Gasteiger partial charge in [-0.05, 0) is 20.8 Å². The molecule has 8 nitrogen and oxygen atoms in total. The number of rotatable bonds is 8. The zero-order valence-corrected chi connectivity index (χ0v) is 16.2. The molecule has 0 unspecified atom stereocenters. The molecule has 0 fully saturated rings. The van der Waals surface area contributed by atoms with Crippen LogP contribution in [-0.4, -0.2) is 51.0 Å². The highest BCUT2D eigenvalue weighted by Gasteiger charge is 2.17. The van der Waals surface area contributed by atoms with E-state index in [4.69, 9.17) is 10.5 Å². The van der Waals surface area contributed by atoms with Crippen molar-refractivity contribution in [2.24, 2.45) is 10.7 Å². The molecule has 0 spiro atoms. The summed E-state index contributed by atoms with van der Waals surface area (Å²) in [6.45, 7) is 7.65. The summed E-state index contributed by atoms with van der Waals surface area (Å²) >= 11 is 0. The number of hydrogen-bond acceptors (Lipinski definition) is 6. The number of likely N-dealkylation sites (N-methyl/N-ethyl adjacent to an activating group) is 1. The van der Waals surface area contributed by atoms with Crippen LogP contribution in [0.15, 0.2) is 11.2 Å². The number of aromatic hydroxyl groups is 1. The Balaban J connectivity index is 2.91. The molecule has 0 aromatic carbocycles. The van der Waals surface area contributed by atoms with Crippen LogP contribution in [0.2, 0.25) is 0 Å². The van der Waals surface area contributed by atoms with Crippen molar-refractivity contribution in [3.05, 3.63) is 23.0 Å². The number of guanidine groups is 1. The molecule has 0 aliphatic carbocycles. The van der Waals surface area contributed by atoms with Crippen molar-refractivity contribution in [1.82, 2.24) is 9.88 Å². The van der Waals surface area contributed by atoms with Crippen molar-refractivity contribution in [3.8, 4) is 5.75 Å². The van der Waals surface area contributed by atoms with Crippen LogP contribution in [0.25, 0.3) is 0 Å². The van der Waals surface area contributed by atoms with Gasteiger partial charge in [0.1, 0.15) is 11.4 Å². The van der Waals surface area contributed by atoms with Gasteiger partial charge in [-0.2, -0.15) is 0 Å². The van der Waals surface area contributed by atoms with Crippen molar-refractivity contribution >= 4 is 11.7 Å². The summed E-state index contributed by atoms with van der Waals surface area (Å²) in [5.41, 5.74) is 6.79. The molecule has 1 aromatic rings. The lowest BCUT2D eigenvalue weighted by molar-refractivity contribution is -0.118. The number of ether oxygens (including phenoxy) is 1. The van der Waals surface area contributed by atoms with E-state index < -0.39 is 0 Å². The standard InChI is InChI=1S/C18H30N4O4/c1-6-13(24)9-22(5)17(19)21-8-15-16(25)14(10-23)12(7-20-15)11-26-18(2,3)4/h7,23,25H,6,8-11H2,1-5H3,(H2,19,21). The van der Waals surface area contributed by atoms with Crippen LogP contribution >= 0.6 is 0 Å². The minimum atomic E-state index is -0.347. The van der Waals surface area contributed by atoms with Crippen LogP contribution in [0, 0.1) is 0 Å².